The van der Waals surface area contributed by atoms with Crippen LogP contribution in [-0.4, -0.2) is 23.2 Å². The van der Waals surface area contributed by atoms with E-state index in [1.807, 2.05) is 0 Å². The van der Waals surface area contributed by atoms with Gasteiger partial charge in [-0.1, -0.05) is 0 Å². The van der Waals surface area contributed by atoms with E-state index >= 15 is 0 Å². The second kappa shape index (κ2) is 5.79. The number of carbonyl (C=O) groups is 1. The zero-order valence-corrected chi connectivity index (χ0v) is 11.2. The number of aromatic nitrogens is 1. The van der Waals surface area contributed by atoms with Crippen molar-refractivity contribution in [2.45, 2.75) is 13.5 Å². The quantitative estimate of drug-likeness (QED) is 0.690. The number of nitrogens with zero attached hydrogens (tertiary/aromatic N) is 1. The first-order valence-electron chi connectivity index (χ1n) is 6.01. The van der Waals surface area contributed by atoms with Crippen LogP contribution in [0.3, 0.4) is 0 Å². The minimum Gasteiger partial charge on any atom is -0.465 e. The van der Waals surface area contributed by atoms with Gasteiger partial charge in [0.25, 0.3) is 0 Å². The van der Waals surface area contributed by atoms with E-state index in [1.54, 1.807) is 25.1 Å². The Hall–Kier alpha value is -2.27. The van der Waals surface area contributed by atoms with Gasteiger partial charge in [-0.25, -0.2) is 9.78 Å². The molecule has 0 spiro atoms. The first-order chi connectivity index (χ1) is 9.55. The second-order valence-electron chi connectivity index (χ2n) is 4.39. The van der Waals surface area contributed by atoms with E-state index in [2.05, 4.69) is 9.72 Å². The third kappa shape index (κ3) is 2.83. The molecule has 1 aromatic carbocycles. The number of methoxy groups -OCH3 is 1. The van der Waals surface area contributed by atoms with Crippen molar-refractivity contribution in [1.82, 2.24) is 4.98 Å². The maximum absolute atomic E-state index is 13.0. The minimum atomic E-state index is -0.558. The molecule has 0 atom stereocenters. The third-order valence-electron chi connectivity index (χ3n) is 2.98. The fraction of sp³-hybridized carbons (Fsp3) is 0.200. The van der Waals surface area contributed by atoms with Crippen LogP contribution in [0.1, 0.15) is 21.5 Å². The van der Waals surface area contributed by atoms with Gasteiger partial charge in [-0.2, -0.15) is 4.39 Å². The predicted octanol–water partition coefficient (Wildman–Crippen LogP) is 2.48. The van der Waals surface area contributed by atoms with E-state index < -0.39 is 11.9 Å². The number of aliphatic hydroxyl groups excluding tert-OH is 1. The van der Waals surface area contributed by atoms with Crippen molar-refractivity contribution in [1.29, 1.82) is 0 Å². The number of aliphatic hydroxyl groups is 1. The van der Waals surface area contributed by atoms with Crippen LogP contribution >= 0.6 is 0 Å². The van der Waals surface area contributed by atoms with E-state index in [0.717, 1.165) is 0 Å². The number of benzene rings is 1. The molecule has 1 heterocycles. The van der Waals surface area contributed by atoms with Crippen molar-refractivity contribution in [2.75, 3.05) is 7.11 Å². The molecule has 2 rings (SSSR count). The molecule has 0 fully saturated rings. The van der Waals surface area contributed by atoms with E-state index in [9.17, 15) is 14.3 Å². The summed E-state index contributed by atoms with van der Waals surface area (Å²) in [4.78, 5) is 15.2. The highest BCUT2D eigenvalue weighted by atomic mass is 19.1. The van der Waals surface area contributed by atoms with Gasteiger partial charge in [0.1, 0.15) is 0 Å². The minimum absolute atomic E-state index is 0.203. The molecule has 0 aliphatic heterocycles. The molecule has 0 amide bonds. The molecule has 20 heavy (non-hydrogen) atoms. The Kier molecular flexibility index (Phi) is 4.10. The van der Waals surface area contributed by atoms with E-state index in [0.29, 0.717) is 27.8 Å². The van der Waals surface area contributed by atoms with E-state index in [4.69, 9.17) is 0 Å². The third-order valence-corrected chi connectivity index (χ3v) is 2.98. The summed E-state index contributed by atoms with van der Waals surface area (Å²) >= 11 is 0. The van der Waals surface area contributed by atoms with Crippen molar-refractivity contribution in [3.8, 4) is 11.1 Å². The first kappa shape index (κ1) is 14.1. The predicted molar refractivity (Wildman–Crippen MR) is 71.6 cm³/mol. The smallest absolute Gasteiger partial charge is 0.337 e. The Bertz CT molecular complexity index is 656. The van der Waals surface area contributed by atoms with Gasteiger partial charge in [-0.05, 0) is 47.9 Å². The number of rotatable bonds is 3. The zero-order valence-electron chi connectivity index (χ0n) is 11.2. The topological polar surface area (TPSA) is 59.4 Å². The fourth-order valence-electron chi connectivity index (χ4n) is 2.00. The van der Waals surface area contributed by atoms with Crippen molar-refractivity contribution in [3.63, 3.8) is 0 Å². The lowest BCUT2D eigenvalue weighted by Crippen LogP contribution is -2.03. The average molecular weight is 275 g/mol. The van der Waals surface area contributed by atoms with Crippen LogP contribution in [0.4, 0.5) is 4.39 Å². The van der Waals surface area contributed by atoms with Crippen LogP contribution in [0.5, 0.6) is 0 Å². The summed E-state index contributed by atoms with van der Waals surface area (Å²) in [5.74, 6) is -1.05. The highest BCUT2D eigenvalue weighted by Gasteiger charge is 2.11. The van der Waals surface area contributed by atoms with Gasteiger partial charge in [-0.3, -0.25) is 0 Å². The molecule has 0 bridgehead atoms. The molecule has 5 heteroatoms. The maximum Gasteiger partial charge on any atom is 0.337 e. The van der Waals surface area contributed by atoms with Crippen LogP contribution in [0.25, 0.3) is 11.1 Å². The highest BCUT2D eigenvalue weighted by Crippen LogP contribution is 2.25. The van der Waals surface area contributed by atoms with Crippen molar-refractivity contribution in [3.05, 3.63) is 53.1 Å². The van der Waals surface area contributed by atoms with Crippen LogP contribution in [-0.2, 0) is 11.3 Å². The summed E-state index contributed by atoms with van der Waals surface area (Å²) in [7, 11) is 1.29. The molecule has 0 saturated carbocycles. The summed E-state index contributed by atoms with van der Waals surface area (Å²) in [6, 6.07) is 6.24. The summed E-state index contributed by atoms with van der Waals surface area (Å²) in [5, 5.41) is 9.27. The summed E-state index contributed by atoms with van der Waals surface area (Å²) in [6.07, 6.45) is 1.40. The SMILES string of the molecule is COC(=O)c1cc(CO)cc(-c2cnc(F)cc2C)c1. The van der Waals surface area contributed by atoms with Gasteiger partial charge in [0.05, 0.1) is 19.3 Å². The van der Waals surface area contributed by atoms with Crippen molar-refractivity contribution >= 4 is 5.97 Å². The number of carbonyl (C=O) groups excluding carboxylic acids is 1. The number of hydrogen-bond donors (Lipinski definition) is 1. The Morgan fingerprint density at radius 2 is 2.10 bits per heavy atom. The number of hydrogen-bond acceptors (Lipinski definition) is 4. The summed E-state index contributed by atoms with van der Waals surface area (Å²) < 4.78 is 17.7. The molecule has 2 aromatic rings. The highest BCUT2D eigenvalue weighted by molar-refractivity contribution is 5.91. The van der Waals surface area contributed by atoms with Gasteiger partial charge in [0, 0.05) is 11.8 Å². The Labute approximate surface area is 115 Å². The molecule has 0 unspecified atom stereocenters. The summed E-state index contributed by atoms with van der Waals surface area (Å²) in [6.45, 7) is 1.55. The number of aryl methyl sites for hydroxylation is 1. The van der Waals surface area contributed by atoms with Crippen LogP contribution < -0.4 is 0 Å². The van der Waals surface area contributed by atoms with Gasteiger partial charge in [-0.15, -0.1) is 0 Å². The molecular weight excluding hydrogens is 261 g/mol. The Morgan fingerprint density at radius 3 is 2.70 bits per heavy atom. The van der Waals surface area contributed by atoms with Crippen molar-refractivity contribution in [2.24, 2.45) is 0 Å². The molecule has 104 valence electrons. The maximum atomic E-state index is 13.0. The van der Waals surface area contributed by atoms with E-state index in [1.165, 1.54) is 19.4 Å². The molecule has 0 aliphatic rings. The van der Waals surface area contributed by atoms with Gasteiger partial charge in [0.15, 0.2) is 0 Å². The van der Waals surface area contributed by atoms with Gasteiger partial charge in [0.2, 0.25) is 5.95 Å². The molecular formula is C15H14FNO3. The number of pyridine rings is 1. The fourth-order valence-corrected chi connectivity index (χ4v) is 2.00. The average Bonchev–Trinajstić information content (AvgIpc) is 2.45. The van der Waals surface area contributed by atoms with Crippen molar-refractivity contribution < 1.29 is 19.0 Å². The largest absolute Gasteiger partial charge is 0.465 e. The number of esters is 1. The molecule has 1 N–H and O–H groups in total. The Balaban J connectivity index is 2.58. The van der Waals surface area contributed by atoms with Crippen LogP contribution in [0.2, 0.25) is 0 Å². The monoisotopic (exact) mass is 275 g/mol. The summed E-state index contributed by atoms with van der Waals surface area (Å²) in [5.41, 5.74) is 2.99. The lowest BCUT2D eigenvalue weighted by molar-refractivity contribution is 0.0600. The molecule has 0 aliphatic carbocycles. The van der Waals surface area contributed by atoms with Gasteiger partial charge >= 0.3 is 5.97 Å². The first-order valence-corrected chi connectivity index (χ1v) is 6.01. The second-order valence-corrected chi connectivity index (χ2v) is 4.39. The Morgan fingerprint density at radius 1 is 1.35 bits per heavy atom. The van der Waals surface area contributed by atoms with Crippen LogP contribution in [0.15, 0.2) is 30.5 Å². The number of ether oxygens (including phenoxy) is 1. The zero-order chi connectivity index (χ0) is 14.7. The van der Waals surface area contributed by atoms with E-state index in [-0.39, 0.29) is 6.61 Å². The normalized spacial score (nSPS) is 10.4. The lowest BCUT2D eigenvalue weighted by atomic mass is 9.98. The van der Waals surface area contributed by atoms with Crippen LogP contribution in [0, 0.1) is 12.9 Å². The lowest BCUT2D eigenvalue weighted by Gasteiger charge is -2.09. The molecule has 1 aromatic heterocycles. The molecule has 0 radical (unpaired) electrons. The number of halogens is 1. The molecule has 0 saturated heterocycles. The van der Waals surface area contributed by atoms with Gasteiger partial charge < -0.3 is 9.84 Å². The standard InChI is InChI=1S/C15H14FNO3/c1-9-3-14(16)17-7-13(9)11-4-10(8-18)5-12(6-11)15(19)20-2/h3-7,18H,8H2,1-2H3. The molecule has 4 nitrogen and oxygen atoms in total.